The third kappa shape index (κ3) is 3.90. The Morgan fingerprint density at radius 1 is 1.07 bits per heavy atom. The lowest BCUT2D eigenvalue weighted by Gasteiger charge is -2.37. The molecule has 0 aromatic heterocycles. The summed E-state index contributed by atoms with van der Waals surface area (Å²) < 4.78 is 16.5. The van der Waals surface area contributed by atoms with Crippen molar-refractivity contribution in [2.24, 2.45) is 11.8 Å². The number of aliphatic hydroxyl groups is 1. The average Bonchev–Trinajstić information content (AvgIpc) is 3.26. The zero-order valence-electron chi connectivity index (χ0n) is 16.0. The predicted octanol–water partition coefficient (Wildman–Crippen LogP) is 1.20. The molecule has 0 spiro atoms. The van der Waals surface area contributed by atoms with Crippen LogP contribution in [0.4, 0.5) is 0 Å². The fourth-order valence-electron chi connectivity index (χ4n) is 4.50. The highest BCUT2D eigenvalue weighted by Crippen LogP contribution is 2.34. The van der Waals surface area contributed by atoms with Crippen LogP contribution < -0.4 is 9.47 Å². The molecule has 4 atom stereocenters. The molecule has 3 aliphatic rings. The van der Waals surface area contributed by atoms with Gasteiger partial charge in [-0.05, 0) is 38.0 Å². The van der Waals surface area contributed by atoms with Gasteiger partial charge in [0.2, 0.25) is 6.79 Å². The summed E-state index contributed by atoms with van der Waals surface area (Å²) in [5.41, 5.74) is 0.602. The molecule has 2 saturated heterocycles. The van der Waals surface area contributed by atoms with Gasteiger partial charge in [0.05, 0.1) is 12.2 Å². The first kappa shape index (κ1) is 18.5. The summed E-state index contributed by atoms with van der Waals surface area (Å²) in [6.45, 7) is 8.42. The van der Waals surface area contributed by atoms with Gasteiger partial charge >= 0.3 is 0 Å². The Morgan fingerprint density at radius 3 is 2.52 bits per heavy atom. The van der Waals surface area contributed by atoms with Crippen LogP contribution in [-0.4, -0.2) is 79.1 Å². The van der Waals surface area contributed by atoms with Crippen LogP contribution in [0.5, 0.6) is 11.5 Å². The minimum absolute atomic E-state index is 0.0158. The molecular formula is C20H28N2O5. The van der Waals surface area contributed by atoms with Gasteiger partial charge in [0.1, 0.15) is 0 Å². The predicted molar refractivity (Wildman–Crippen MR) is 99.0 cm³/mol. The molecule has 4 rings (SSSR count). The van der Waals surface area contributed by atoms with Gasteiger partial charge in [0.25, 0.3) is 5.91 Å². The minimum Gasteiger partial charge on any atom is -0.454 e. The number of fused-ring (bicyclic) bond motifs is 1. The molecule has 148 valence electrons. The Kier molecular flexibility index (Phi) is 5.25. The second-order valence-electron chi connectivity index (χ2n) is 7.96. The molecule has 0 unspecified atom stereocenters. The number of amides is 1. The molecule has 1 N–H and O–H groups in total. The monoisotopic (exact) mass is 376 g/mol. The number of benzene rings is 1. The first-order valence-electron chi connectivity index (χ1n) is 9.71. The number of rotatable bonds is 4. The maximum absolute atomic E-state index is 13.0. The van der Waals surface area contributed by atoms with Crippen molar-refractivity contribution in [3.63, 3.8) is 0 Å². The van der Waals surface area contributed by atoms with Gasteiger partial charge in [-0.25, -0.2) is 0 Å². The molecule has 3 heterocycles. The number of carbonyl (C=O) groups is 1. The summed E-state index contributed by atoms with van der Waals surface area (Å²) in [6, 6.07) is 5.31. The average molecular weight is 376 g/mol. The molecule has 7 heteroatoms. The van der Waals surface area contributed by atoms with Crippen LogP contribution in [0.3, 0.4) is 0 Å². The number of ether oxygens (including phenoxy) is 3. The van der Waals surface area contributed by atoms with E-state index in [9.17, 15) is 9.90 Å². The van der Waals surface area contributed by atoms with Crippen molar-refractivity contribution in [1.29, 1.82) is 0 Å². The number of morpholine rings is 1. The van der Waals surface area contributed by atoms with Crippen LogP contribution in [-0.2, 0) is 4.74 Å². The van der Waals surface area contributed by atoms with Crippen molar-refractivity contribution in [1.82, 2.24) is 9.80 Å². The van der Waals surface area contributed by atoms with E-state index in [0.29, 0.717) is 30.2 Å². The Balaban J connectivity index is 1.42. The standard InChI is InChI=1S/C20H28N2O5/c1-13-6-21(7-14(2)27-13)8-16-9-22(10-17(16)11-23)20(24)15-3-4-18-19(5-15)26-12-25-18/h3-5,13-14,16-17,23H,6-12H2,1-2H3/t13-,14+,16-,17-/m1/s1. The van der Waals surface area contributed by atoms with Crippen LogP contribution in [0.1, 0.15) is 24.2 Å². The van der Waals surface area contributed by atoms with Gasteiger partial charge in [-0.2, -0.15) is 0 Å². The molecule has 3 aliphatic heterocycles. The van der Waals surface area contributed by atoms with E-state index in [2.05, 4.69) is 18.7 Å². The maximum atomic E-state index is 13.0. The fourth-order valence-corrected chi connectivity index (χ4v) is 4.50. The number of hydrogen-bond donors (Lipinski definition) is 1. The zero-order valence-corrected chi connectivity index (χ0v) is 16.0. The molecule has 0 radical (unpaired) electrons. The number of aliphatic hydroxyl groups excluding tert-OH is 1. The molecule has 2 fully saturated rings. The van der Waals surface area contributed by atoms with E-state index in [4.69, 9.17) is 14.2 Å². The summed E-state index contributed by atoms with van der Waals surface area (Å²) in [6.07, 6.45) is 0.434. The lowest BCUT2D eigenvalue weighted by Crippen LogP contribution is -2.48. The Hall–Kier alpha value is -1.83. The van der Waals surface area contributed by atoms with Crippen molar-refractivity contribution in [3.05, 3.63) is 23.8 Å². The highest BCUT2D eigenvalue weighted by Gasteiger charge is 2.37. The highest BCUT2D eigenvalue weighted by atomic mass is 16.7. The third-order valence-electron chi connectivity index (χ3n) is 5.71. The summed E-state index contributed by atoms with van der Waals surface area (Å²) in [5.74, 6) is 1.65. The van der Waals surface area contributed by atoms with Gasteiger partial charge in [-0.15, -0.1) is 0 Å². The molecule has 27 heavy (non-hydrogen) atoms. The number of carbonyl (C=O) groups excluding carboxylic acids is 1. The quantitative estimate of drug-likeness (QED) is 0.852. The minimum atomic E-state index is -0.0158. The van der Waals surface area contributed by atoms with E-state index in [-0.39, 0.29) is 43.4 Å². The van der Waals surface area contributed by atoms with Crippen LogP contribution in [0, 0.1) is 11.8 Å². The zero-order chi connectivity index (χ0) is 19.0. The smallest absolute Gasteiger partial charge is 0.254 e. The largest absolute Gasteiger partial charge is 0.454 e. The molecule has 1 amide bonds. The van der Waals surface area contributed by atoms with E-state index in [0.717, 1.165) is 19.6 Å². The van der Waals surface area contributed by atoms with E-state index in [1.807, 2.05) is 4.90 Å². The molecule has 0 bridgehead atoms. The fraction of sp³-hybridized carbons (Fsp3) is 0.650. The molecular weight excluding hydrogens is 348 g/mol. The van der Waals surface area contributed by atoms with Crippen LogP contribution in [0.25, 0.3) is 0 Å². The van der Waals surface area contributed by atoms with Gasteiger partial charge in [-0.3, -0.25) is 9.69 Å². The first-order chi connectivity index (χ1) is 13.0. The maximum Gasteiger partial charge on any atom is 0.254 e. The molecule has 0 aliphatic carbocycles. The molecule has 1 aromatic carbocycles. The van der Waals surface area contributed by atoms with Crippen molar-refractivity contribution >= 4 is 5.91 Å². The second-order valence-corrected chi connectivity index (χ2v) is 7.96. The summed E-state index contributed by atoms with van der Waals surface area (Å²) in [4.78, 5) is 17.2. The number of nitrogens with zero attached hydrogens (tertiary/aromatic N) is 2. The summed E-state index contributed by atoms with van der Waals surface area (Å²) >= 11 is 0. The van der Waals surface area contributed by atoms with E-state index in [1.54, 1.807) is 18.2 Å². The molecule has 0 saturated carbocycles. The Labute approximate surface area is 159 Å². The second kappa shape index (κ2) is 7.66. The lowest BCUT2D eigenvalue weighted by molar-refractivity contribution is -0.0726. The third-order valence-corrected chi connectivity index (χ3v) is 5.71. The Bertz CT molecular complexity index is 687. The van der Waals surface area contributed by atoms with Crippen molar-refractivity contribution in [2.75, 3.05) is 46.1 Å². The first-order valence-corrected chi connectivity index (χ1v) is 9.71. The van der Waals surface area contributed by atoms with Crippen LogP contribution in [0.2, 0.25) is 0 Å². The number of likely N-dealkylation sites (tertiary alicyclic amines) is 1. The normalized spacial score (nSPS) is 30.7. The van der Waals surface area contributed by atoms with E-state index >= 15 is 0 Å². The van der Waals surface area contributed by atoms with E-state index in [1.165, 1.54) is 0 Å². The summed E-state index contributed by atoms with van der Waals surface area (Å²) in [5, 5.41) is 9.85. The topological polar surface area (TPSA) is 71.5 Å². The summed E-state index contributed by atoms with van der Waals surface area (Å²) in [7, 11) is 0. The lowest BCUT2D eigenvalue weighted by atomic mass is 9.96. The van der Waals surface area contributed by atoms with Crippen molar-refractivity contribution in [3.8, 4) is 11.5 Å². The Morgan fingerprint density at radius 2 is 1.78 bits per heavy atom. The highest BCUT2D eigenvalue weighted by molar-refractivity contribution is 5.95. The number of hydrogen-bond acceptors (Lipinski definition) is 6. The molecule has 7 nitrogen and oxygen atoms in total. The molecule has 1 aromatic rings. The van der Waals surface area contributed by atoms with Gasteiger partial charge in [0.15, 0.2) is 11.5 Å². The van der Waals surface area contributed by atoms with Crippen LogP contribution in [0.15, 0.2) is 18.2 Å². The SMILES string of the molecule is C[C@@H]1CN(C[C@@H]2CN(C(=O)c3ccc4c(c3)OCO4)C[C@@H]2CO)C[C@H](C)O1. The van der Waals surface area contributed by atoms with Gasteiger partial charge < -0.3 is 24.2 Å². The van der Waals surface area contributed by atoms with Gasteiger partial charge in [-0.1, -0.05) is 0 Å². The van der Waals surface area contributed by atoms with Crippen molar-refractivity contribution in [2.45, 2.75) is 26.1 Å². The van der Waals surface area contributed by atoms with Crippen molar-refractivity contribution < 1.29 is 24.1 Å². The van der Waals surface area contributed by atoms with Crippen LogP contribution >= 0.6 is 0 Å². The van der Waals surface area contributed by atoms with E-state index < -0.39 is 0 Å². The van der Waals surface area contributed by atoms with Gasteiger partial charge in [0, 0.05) is 50.8 Å².